The van der Waals surface area contributed by atoms with E-state index >= 15 is 0 Å². The third-order valence-corrected chi connectivity index (χ3v) is 3.53. The van der Waals surface area contributed by atoms with Crippen molar-refractivity contribution in [3.63, 3.8) is 0 Å². The van der Waals surface area contributed by atoms with Crippen molar-refractivity contribution < 1.29 is 9.90 Å². The average molecular weight is 248 g/mol. The average Bonchev–Trinajstić information content (AvgIpc) is 2.40. The first-order chi connectivity index (χ1) is 8.72. The number of carboxylic acid groups (broad SMARTS) is 1. The summed E-state index contributed by atoms with van der Waals surface area (Å²) in [6.07, 6.45) is 1.38. The first-order valence-corrected chi connectivity index (χ1v) is 6.08. The highest BCUT2D eigenvalue weighted by atomic mass is 16.4. The molecule has 1 saturated heterocycles. The normalized spacial score (nSPS) is 18.3. The predicted octanol–water partition coefficient (Wildman–Crippen LogP) is 2.25. The Morgan fingerprint density at radius 1 is 1.28 bits per heavy atom. The second-order valence-corrected chi connectivity index (χ2v) is 4.60. The van der Waals surface area contributed by atoms with E-state index in [-0.39, 0.29) is 5.92 Å². The Morgan fingerprint density at radius 2 is 1.89 bits per heavy atom. The van der Waals surface area contributed by atoms with Crippen molar-refractivity contribution in [1.82, 2.24) is 5.01 Å². The number of nitrogens with zero attached hydrogens (tertiary/aromatic N) is 2. The summed E-state index contributed by atoms with van der Waals surface area (Å²) in [5.74, 6) is -1.21. The quantitative estimate of drug-likeness (QED) is 0.830. The minimum atomic E-state index is -0.793. The summed E-state index contributed by atoms with van der Waals surface area (Å²) in [7, 11) is 0. The molecule has 0 spiro atoms. The standard InChI is InChI=1S/C13H16N2O3/c16-13(17)12(10-4-2-1-3-5-10)11-6-8-15(14-18)9-7-11/h1-5,11-12H,6-9H2,(H,16,17). The van der Waals surface area contributed by atoms with Crippen LogP contribution in [0.3, 0.4) is 0 Å². The van der Waals surface area contributed by atoms with Crippen molar-refractivity contribution in [1.29, 1.82) is 0 Å². The second-order valence-electron chi connectivity index (χ2n) is 4.60. The van der Waals surface area contributed by atoms with E-state index < -0.39 is 11.9 Å². The van der Waals surface area contributed by atoms with Gasteiger partial charge in [-0.25, -0.2) is 0 Å². The molecular weight excluding hydrogens is 232 g/mol. The van der Waals surface area contributed by atoms with Crippen molar-refractivity contribution >= 4 is 5.97 Å². The van der Waals surface area contributed by atoms with E-state index in [1.807, 2.05) is 30.3 Å². The van der Waals surface area contributed by atoms with Crippen LogP contribution in [-0.2, 0) is 4.79 Å². The van der Waals surface area contributed by atoms with Gasteiger partial charge in [-0.1, -0.05) is 30.3 Å². The summed E-state index contributed by atoms with van der Waals surface area (Å²) >= 11 is 0. The highest BCUT2D eigenvalue weighted by molar-refractivity contribution is 5.76. The van der Waals surface area contributed by atoms with Crippen molar-refractivity contribution in [2.45, 2.75) is 18.8 Å². The molecule has 0 saturated carbocycles. The topological polar surface area (TPSA) is 70.0 Å². The zero-order chi connectivity index (χ0) is 13.0. The molecule has 0 aromatic heterocycles. The Hall–Kier alpha value is -1.91. The third kappa shape index (κ3) is 2.67. The van der Waals surface area contributed by atoms with E-state index in [0.717, 1.165) is 5.56 Å². The highest BCUT2D eigenvalue weighted by Gasteiger charge is 2.32. The zero-order valence-corrected chi connectivity index (χ0v) is 10.0. The molecule has 0 aliphatic carbocycles. The van der Waals surface area contributed by atoms with E-state index in [4.69, 9.17) is 0 Å². The third-order valence-electron chi connectivity index (χ3n) is 3.53. The molecule has 1 N–H and O–H groups in total. The summed E-state index contributed by atoms with van der Waals surface area (Å²) in [6.45, 7) is 1.09. The number of hydrogen-bond donors (Lipinski definition) is 1. The monoisotopic (exact) mass is 248 g/mol. The van der Waals surface area contributed by atoms with Crippen LogP contribution in [-0.4, -0.2) is 29.2 Å². The van der Waals surface area contributed by atoms with Gasteiger partial charge in [-0.2, -0.15) is 0 Å². The Kier molecular flexibility index (Phi) is 3.92. The van der Waals surface area contributed by atoms with Crippen LogP contribution in [0.4, 0.5) is 0 Å². The van der Waals surface area contributed by atoms with Gasteiger partial charge < -0.3 is 5.11 Å². The lowest BCUT2D eigenvalue weighted by molar-refractivity contribution is -0.140. The Balaban J connectivity index is 2.12. The van der Waals surface area contributed by atoms with Crippen molar-refractivity contribution in [3.8, 4) is 0 Å². The van der Waals surface area contributed by atoms with E-state index in [2.05, 4.69) is 5.29 Å². The van der Waals surface area contributed by atoms with Gasteiger partial charge in [0, 0.05) is 13.1 Å². The fraction of sp³-hybridized carbons (Fsp3) is 0.462. The first-order valence-electron chi connectivity index (χ1n) is 6.08. The summed E-state index contributed by atoms with van der Waals surface area (Å²) in [4.78, 5) is 21.9. The molecule has 2 rings (SSSR count). The molecule has 96 valence electrons. The molecule has 5 heteroatoms. The molecule has 0 bridgehead atoms. The van der Waals surface area contributed by atoms with Crippen LogP contribution in [0.1, 0.15) is 24.3 Å². The Bertz CT molecular complexity index is 414. The molecule has 1 aromatic carbocycles. The van der Waals surface area contributed by atoms with Crippen LogP contribution in [0.2, 0.25) is 0 Å². The lowest BCUT2D eigenvalue weighted by Gasteiger charge is -2.31. The summed E-state index contributed by atoms with van der Waals surface area (Å²) < 4.78 is 0. The maximum atomic E-state index is 11.5. The fourth-order valence-electron chi connectivity index (χ4n) is 2.58. The number of carboxylic acids is 1. The largest absolute Gasteiger partial charge is 0.481 e. The van der Waals surface area contributed by atoms with Gasteiger partial charge in [0.05, 0.1) is 11.2 Å². The van der Waals surface area contributed by atoms with Gasteiger partial charge in [-0.3, -0.25) is 9.80 Å². The van der Waals surface area contributed by atoms with Gasteiger partial charge in [0.25, 0.3) is 0 Å². The van der Waals surface area contributed by atoms with Crippen LogP contribution in [0, 0.1) is 10.8 Å². The van der Waals surface area contributed by atoms with E-state index in [9.17, 15) is 14.8 Å². The lowest BCUT2D eigenvalue weighted by Crippen LogP contribution is -2.34. The zero-order valence-electron chi connectivity index (χ0n) is 10.0. The van der Waals surface area contributed by atoms with Crippen LogP contribution >= 0.6 is 0 Å². The van der Waals surface area contributed by atoms with Crippen LogP contribution < -0.4 is 0 Å². The molecule has 1 heterocycles. The molecule has 5 nitrogen and oxygen atoms in total. The lowest BCUT2D eigenvalue weighted by atomic mass is 9.80. The van der Waals surface area contributed by atoms with Crippen molar-refractivity contribution in [2.24, 2.45) is 11.2 Å². The molecule has 1 aliphatic rings. The first kappa shape index (κ1) is 12.5. The van der Waals surface area contributed by atoms with Gasteiger partial charge in [-0.15, -0.1) is 4.91 Å². The summed E-state index contributed by atoms with van der Waals surface area (Å²) in [5.41, 5.74) is 0.836. The minimum Gasteiger partial charge on any atom is -0.481 e. The molecule has 1 aromatic rings. The maximum Gasteiger partial charge on any atom is 0.311 e. The summed E-state index contributed by atoms with van der Waals surface area (Å²) in [6, 6.07) is 9.29. The van der Waals surface area contributed by atoms with E-state index in [1.54, 1.807) is 0 Å². The van der Waals surface area contributed by atoms with Crippen LogP contribution in [0.5, 0.6) is 0 Å². The van der Waals surface area contributed by atoms with E-state index in [1.165, 1.54) is 5.01 Å². The van der Waals surface area contributed by atoms with Crippen molar-refractivity contribution in [3.05, 3.63) is 40.8 Å². The van der Waals surface area contributed by atoms with Gasteiger partial charge >= 0.3 is 5.97 Å². The van der Waals surface area contributed by atoms with Crippen molar-refractivity contribution in [2.75, 3.05) is 13.1 Å². The number of nitroso groups, excluding NO2 is 1. The molecule has 0 amide bonds. The Morgan fingerprint density at radius 3 is 2.39 bits per heavy atom. The molecule has 18 heavy (non-hydrogen) atoms. The SMILES string of the molecule is O=NN1CCC(C(C(=O)O)c2ccccc2)CC1. The molecule has 1 unspecified atom stereocenters. The number of benzene rings is 1. The molecular formula is C13H16N2O3. The van der Waals surface area contributed by atoms with Gasteiger partial charge in [0.15, 0.2) is 0 Å². The minimum absolute atomic E-state index is 0.0721. The maximum absolute atomic E-state index is 11.5. The van der Waals surface area contributed by atoms with Gasteiger partial charge in [-0.05, 0) is 24.3 Å². The van der Waals surface area contributed by atoms with Crippen LogP contribution in [0.25, 0.3) is 0 Å². The number of carbonyl (C=O) groups is 1. The highest BCUT2D eigenvalue weighted by Crippen LogP contribution is 2.32. The number of aliphatic carboxylic acids is 1. The second kappa shape index (κ2) is 5.62. The molecule has 1 atom stereocenters. The van der Waals surface area contributed by atoms with Gasteiger partial charge in [0.1, 0.15) is 0 Å². The number of rotatable bonds is 4. The van der Waals surface area contributed by atoms with Gasteiger partial charge in [0.2, 0.25) is 0 Å². The predicted molar refractivity (Wildman–Crippen MR) is 66.9 cm³/mol. The smallest absolute Gasteiger partial charge is 0.311 e. The van der Waals surface area contributed by atoms with E-state index in [0.29, 0.717) is 25.9 Å². The van der Waals surface area contributed by atoms with Crippen LogP contribution in [0.15, 0.2) is 35.6 Å². The summed E-state index contributed by atoms with van der Waals surface area (Å²) in [5, 5.41) is 13.8. The number of piperidine rings is 1. The fourth-order valence-corrected chi connectivity index (χ4v) is 2.58. The number of hydrogen-bond acceptors (Lipinski definition) is 3. The molecule has 1 fully saturated rings. The molecule has 1 aliphatic heterocycles. The Labute approximate surface area is 105 Å². The molecule has 0 radical (unpaired) electrons.